The number of rotatable bonds is 7. The number of nitrogens with two attached hydrogens (primary N) is 1. The van der Waals surface area contributed by atoms with E-state index in [0.29, 0.717) is 25.3 Å². The quantitative estimate of drug-likeness (QED) is 0.754. The van der Waals surface area contributed by atoms with E-state index in [2.05, 4.69) is 24.3 Å². The van der Waals surface area contributed by atoms with Crippen molar-refractivity contribution in [3.63, 3.8) is 0 Å². The highest BCUT2D eigenvalue weighted by Gasteiger charge is 2.18. The number of hydrogen-bond acceptors (Lipinski definition) is 4. The summed E-state index contributed by atoms with van der Waals surface area (Å²) in [5, 5.41) is 6.37. The van der Waals surface area contributed by atoms with Crippen molar-refractivity contribution in [3.8, 4) is 0 Å². The SMILES string of the molecule is CC(C)(CCN)CCC(=O)NCc1ccno1. The summed E-state index contributed by atoms with van der Waals surface area (Å²) in [4.78, 5) is 11.6. The lowest BCUT2D eigenvalue weighted by Crippen LogP contribution is -2.25. The number of nitrogens with one attached hydrogen (secondary N) is 1. The fraction of sp³-hybridized carbons (Fsp3) is 0.667. The molecule has 0 radical (unpaired) electrons. The predicted molar refractivity (Wildman–Crippen MR) is 65.0 cm³/mol. The van der Waals surface area contributed by atoms with Crippen LogP contribution in [0, 0.1) is 5.41 Å². The molecular formula is C12H21N3O2. The topological polar surface area (TPSA) is 81.2 Å². The molecule has 1 aromatic rings. The van der Waals surface area contributed by atoms with Crippen LogP contribution in [-0.2, 0) is 11.3 Å². The van der Waals surface area contributed by atoms with E-state index >= 15 is 0 Å². The Morgan fingerprint density at radius 2 is 2.29 bits per heavy atom. The van der Waals surface area contributed by atoms with Gasteiger partial charge in [-0.05, 0) is 24.8 Å². The summed E-state index contributed by atoms with van der Waals surface area (Å²) in [5.74, 6) is 0.700. The fourth-order valence-corrected chi connectivity index (χ4v) is 1.58. The molecule has 17 heavy (non-hydrogen) atoms. The van der Waals surface area contributed by atoms with Gasteiger partial charge in [-0.15, -0.1) is 0 Å². The van der Waals surface area contributed by atoms with E-state index in [1.807, 2.05) is 0 Å². The third kappa shape index (κ3) is 5.49. The van der Waals surface area contributed by atoms with Crippen LogP contribution in [0.15, 0.2) is 16.8 Å². The lowest BCUT2D eigenvalue weighted by atomic mass is 9.84. The van der Waals surface area contributed by atoms with Crippen molar-refractivity contribution in [3.05, 3.63) is 18.0 Å². The van der Waals surface area contributed by atoms with Crippen LogP contribution in [0.25, 0.3) is 0 Å². The molecule has 5 nitrogen and oxygen atoms in total. The van der Waals surface area contributed by atoms with Crippen LogP contribution in [0.3, 0.4) is 0 Å². The van der Waals surface area contributed by atoms with E-state index in [1.165, 1.54) is 0 Å². The Hall–Kier alpha value is -1.36. The zero-order valence-electron chi connectivity index (χ0n) is 10.5. The third-order valence-corrected chi connectivity index (χ3v) is 2.80. The molecular weight excluding hydrogens is 218 g/mol. The number of carbonyl (C=O) groups excluding carboxylic acids is 1. The van der Waals surface area contributed by atoms with E-state index in [1.54, 1.807) is 12.3 Å². The van der Waals surface area contributed by atoms with Gasteiger partial charge >= 0.3 is 0 Å². The van der Waals surface area contributed by atoms with Crippen molar-refractivity contribution in [2.24, 2.45) is 11.1 Å². The highest BCUT2D eigenvalue weighted by atomic mass is 16.5. The van der Waals surface area contributed by atoms with Gasteiger partial charge in [0.15, 0.2) is 5.76 Å². The minimum atomic E-state index is 0.0338. The van der Waals surface area contributed by atoms with Gasteiger partial charge < -0.3 is 15.6 Å². The highest BCUT2D eigenvalue weighted by molar-refractivity contribution is 5.75. The van der Waals surface area contributed by atoms with E-state index in [0.717, 1.165) is 12.8 Å². The number of amides is 1. The monoisotopic (exact) mass is 239 g/mol. The Labute approximate surface area is 102 Å². The molecule has 0 aromatic carbocycles. The van der Waals surface area contributed by atoms with Gasteiger partial charge in [0.2, 0.25) is 5.91 Å². The second kappa shape index (κ2) is 6.39. The molecule has 1 aromatic heterocycles. The Balaban J connectivity index is 2.21. The maximum Gasteiger partial charge on any atom is 0.220 e. The molecule has 96 valence electrons. The number of carbonyl (C=O) groups is 1. The Bertz CT molecular complexity index is 334. The zero-order chi connectivity index (χ0) is 12.7. The van der Waals surface area contributed by atoms with Gasteiger partial charge in [-0.25, -0.2) is 0 Å². The van der Waals surface area contributed by atoms with Crippen molar-refractivity contribution in [1.29, 1.82) is 0 Å². The van der Waals surface area contributed by atoms with Crippen LogP contribution < -0.4 is 11.1 Å². The van der Waals surface area contributed by atoms with Crippen LogP contribution >= 0.6 is 0 Å². The molecule has 5 heteroatoms. The molecule has 0 saturated heterocycles. The Kier molecular flexibility index (Phi) is 5.15. The molecule has 0 spiro atoms. The van der Waals surface area contributed by atoms with Crippen molar-refractivity contribution >= 4 is 5.91 Å². The Morgan fingerprint density at radius 1 is 1.53 bits per heavy atom. The molecule has 0 aliphatic rings. The minimum absolute atomic E-state index is 0.0338. The summed E-state index contributed by atoms with van der Waals surface area (Å²) in [6.45, 7) is 5.32. The van der Waals surface area contributed by atoms with Gasteiger partial charge in [0.05, 0.1) is 12.7 Å². The first-order chi connectivity index (χ1) is 8.03. The molecule has 0 aliphatic carbocycles. The summed E-state index contributed by atoms with van der Waals surface area (Å²) in [6.07, 6.45) is 3.85. The smallest absolute Gasteiger partial charge is 0.220 e. The van der Waals surface area contributed by atoms with Crippen molar-refractivity contribution in [2.45, 2.75) is 39.7 Å². The van der Waals surface area contributed by atoms with Crippen LogP contribution in [0.5, 0.6) is 0 Å². The van der Waals surface area contributed by atoms with Crippen LogP contribution in [-0.4, -0.2) is 17.6 Å². The van der Waals surface area contributed by atoms with Crippen LogP contribution in [0.2, 0.25) is 0 Å². The average molecular weight is 239 g/mol. The first-order valence-corrected chi connectivity index (χ1v) is 5.90. The van der Waals surface area contributed by atoms with Crippen LogP contribution in [0.4, 0.5) is 0 Å². The van der Waals surface area contributed by atoms with Crippen molar-refractivity contribution < 1.29 is 9.32 Å². The molecule has 0 bridgehead atoms. The zero-order valence-corrected chi connectivity index (χ0v) is 10.5. The summed E-state index contributed by atoms with van der Waals surface area (Å²) in [5.41, 5.74) is 5.65. The maximum absolute atomic E-state index is 11.6. The fourth-order valence-electron chi connectivity index (χ4n) is 1.58. The maximum atomic E-state index is 11.6. The molecule has 3 N–H and O–H groups in total. The second-order valence-corrected chi connectivity index (χ2v) is 4.96. The van der Waals surface area contributed by atoms with E-state index in [-0.39, 0.29) is 11.3 Å². The first-order valence-electron chi connectivity index (χ1n) is 5.90. The summed E-state index contributed by atoms with van der Waals surface area (Å²) in [6, 6.07) is 1.73. The summed E-state index contributed by atoms with van der Waals surface area (Å²) in [7, 11) is 0. The molecule has 0 atom stereocenters. The standard InChI is InChI=1S/C12H21N3O2/c1-12(2,6-7-13)5-3-11(16)14-9-10-4-8-15-17-10/h4,8H,3,5-7,9,13H2,1-2H3,(H,14,16). The minimum Gasteiger partial charge on any atom is -0.360 e. The lowest BCUT2D eigenvalue weighted by Gasteiger charge is -2.23. The highest BCUT2D eigenvalue weighted by Crippen LogP contribution is 2.25. The van der Waals surface area contributed by atoms with E-state index in [4.69, 9.17) is 10.3 Å². The van der Waals surface area contributed by atoms with Gasteiger partial charge in [-0.2, -0.15) is 0 Å². The van der Waals surface area contributed by atoms with Crippen molar-refractivity contribution in [2.75, 3.05) is 6.54 Å². The summed E-state index contributed by atoms with van der Waals surface area (Å²) >= 11 is 0. The van der Waals surface area contributed by atoms with Crippen molar-refractivity contribution in [1.82, 2.24) is 10.5 Å². The van der Waals surface area contributed by atoms with E-state index < -0.39 is 0 Å². The predicted octanol–water partition coefficient (Wildman–Crippen LogP) is 1.45. The van der Waals surface area contributed by atoms with Gasteiger partial charge in [-0.1, -0.05) is 19.0 Å². The summed E-state index contributed by atoms with van der Waals surface area (Å²) < 4.78 is 4.89. The number of aromatic nitrogens is 1. The van der Waals surface area contributed by atoms with Gasteiger partial charge in [-0.3, -0.25) is 4.79 Å². The molecule has 0 aliphatic heterocycles. The van der Waals surface area contributed by atoms with Gasteiger partial charge in [0.25, 0.3) is 0 Å². The molecule has 0 saturated carbocycles. The van der Waals surface area contributed by atoms with Gasteiger partial charge in [0.1, 0.15) is 0 Å². The first kappa shape index (κ1) is 13.7. The van der Waals surface area contributed by atoms with Gasteiger partial charge in [0, 0.05) is 12.5 Å². The normalized spacial score (nSPS) is 11.5. The number of hydrogen-bond donors (Lipinski definition) is 2. The molecule has 1 heterocycles. The average Bonchev–Trinajstić information content (AvgIpc) is 2.76. The van der Waals surface area contributed by atoms with Crippen LogP contribution in [0.1, 0.15) is 38.9 Å². The second-order valence-electron chi connectivity index (χ2n) is 4.96. The molecule has 1 amide bonds. The molecule has 1 rings (SSSR count). The lowest BCUT2D eigenvalue weighted by molar-refractivity contribution is -0.121. The molecule has 0 unspecified atom stereocenters. The van der Waals surface area contributed by atoms with E-state index in [9.17, 15) is 4.79 Å². The Morgan fingerprint density at radius 3 is 2.88 bits per heavy atom. The number of nitrogens with zero attached hydrogens (tertiary/aromatic N) is 1. The largest absolute Gasteiger partial charge is 0.360 e. The third-order valence-electron chi connectivity index (χ3n) is 2.80. The molecule has 0 fully saturated rings.